The standard InChI is InChI=1S/C23H18BrN3O5/c24-18-9-14(3-8-19(18)32-12-13-1-6-17(7-2-13)27(30)31)11-25-26-22(28)20-15-4-5-16(10-15)21(20)23(26)29/h1-9,11,15-16,20-21H,10,12H2/b25-11-/t15-,16-,20+,21+/m0/s1. The number of halogens is 1. The van der Waals surface area contributed by atoms with Gasteiger partial charge in [-0.15, -0.1) is 0 Å². The van der Waals surface area contributed by atoms with Crippen molar-refractivity contribution >= 4 is 39.6 Å². The fourth-order valence-corrected chi connectivity index (χ4v) is 5.23. The van der Waals surface area contributed by atoms with Gasteiger partial charge in [0.25, 0.3) is 17.5 Å². The Morgan fingerprint density at radius 2 is 1.75 bits per heavy atom. The quantitative estimate of drug-likeness (QED) is 0.197. The molecule has 2 amide bonds. The molecule has 0 N–H and O–H groups in total. The van der Waals surface area contributed by atoms with Crippen molar-refractivity contribution in [3.63, 3.8) is 0 Å². The molecule has 0 unspecified atom stereocenters. The molecule has 8 nitrogen and oxygen atoms in total. The van der Waals surface area contributed by atoms with E-state index in [0.29, 0.717) is 15.8 Å². The molecule has 2 aromatic carbocycles. The maximum absolute atomic E-state index is 12.7. The zero-order valence-corrected chi connectivity index (χ0v) is 18.3. The number of hydrogen-bond acceptors (Lipinski definition) is 6. The molecule has 5 rings (SSSR count). The van der Waals surface area contributed by atoms with Gasteiger partial charge in [-0.2, -0.15) is 10.1 Å². The van der Waals surface area contributed by atoms with Gasteiger partial charge in [-0.25, -0.2) is 0 Å². The Morgan fingerprint density at radius 1 is 1.09 bits per heavy atom. The molecule has 0 spiro atoms. The van der Waals surface area contributed by atoms with E-state index in [4.69, 9.17) is 4.74 Å². The lowest BCUT2D eigenvalue weighted by atomic mass is 9.85. The number of allylic oxidation sites excluding steroid dienone is 2. The molecule has 2 aliphatic carbocycles. The molecule has 1 heterocycles. The normalized spacial score (nSPS) is 25.7. The Bertz CT molecular complexity index is 1150. The van der Waals surface area contributed by atoms with E-state index >= 15 is 0 Å². The summed E-state index contributed by atoms with van der Waals surface area (Å²) in [6, 6.07) is 11.5. The number of nitro benzene ring substituents is 1. The molecule has 0 aromatic heterocycles. The first-order valence-corrected chi connectivity index (χ1v) is 11.0. The highest BCUT2D eigenvalue weighted by Crippen LogP contribution is 2.52. The molecule has 9 heteroatoms. The highest BCUT2D eigenvalue weighted by atomic mass is 79.9. The zero-order chi connectivity index (χ0) is 22.4. The number of non-ortho nitro benzene ring substituents is 1. The molecule has 1 saturated heterocycles. The van der Waals surface area contributed by atoms with Gasteiger partial charge in [0.15, 0.2) is 0 Å². The van der Waals surface area contributed by atoms with Crippen molar-refractivity contribution in [3.8, 4) is 5.75 Å². The van der Waals surface area contributed by atoms with E-state index in [2.05, 4.69) is 33.2 Å². The van der Waals surface area contributed by atoms with Crippen LogP contribution in [-0.4, -0.2) is 28.0 Å². The maximum atomic E-state index is 12.7. The Kier molecular flexibility index (Phi) is 5.13. The third-order valence-electron chi connectivity index (χ3n) is 6.27. The number of nitrogens with zero attached hydrogens (tertiary/aromatic N) is 3. The summed E-state index contributed by atoms with van der Waals surface area (Å²) in [6.45, 7) is 0.250. The summed E-state index contributed by atoms with van der Waals surface area (Å²) >= 11 is 3.46. The van der Waals surface area contributed by atoms with Crippen LogP contribution in [0.2, 0.25) is 0 Å². The molecule has 3 aliphatic rings. The number of hydrazone groups is 1. The molecule has 2 bridgehead atoms. The number of benzene rings is 2. The minimum Gasteiger partial charge on any atom is -0.488 e. The van der Waals surface area contributed by atoms with Crippen molar-refractivity contribution in [1.82, 2.24) is 5.01 Å². The molecular weight excluding hydrogens is 478 g/mol. The van der Waals surface area contributed by atoms with Crippen LogP contribution in [0.3, 0.4) is 0 Å². The number of carbonyl (C=O) groups excluding carboxylic acids is 2. The maximum Gasteiger partial charge on any atom is 0.269 e. The molecule has 2 aromatic rings. The lowest BCUT2D eigenvalue weighted by molar-refractivity contribution is -0.384. The van der Waals surface area contributed by atoms with Crippen LogP contribution in [0.25, 0.3) is 0 Å². The minimum absolute atomic E-state index is 0.0288. The third-order valence-corrected chi connectivity index (χ3v) is 6.89. The lowest BCUT2D eigenvalue weighted by Gasteiger charge is -2.13. The minimum atomic E-state index is -0.446. The number of imide groups is 1. The van der Waals surface area contributed by atoms with Crippen LogP contribution >= 0.6 is 15.9 Å². The van der Waals surface area contributed by atoms with E-state index in [1.54, 1.807) is 30.3 Å². The van der Waals surface area contributed by atoms with Crippen LogP contribution in [0.5, 0.6) is 5.75 Å². The summed E-state index contributed by atoms with van der Waals surface area (Å²) in [6.07, 6.45) is 6.49. The van der Waals surface area contributed by atoms with Gasteiger partial charge in [0.1, 0.15) is 12.4 Å². The number of fused-ring (bicyclic) bond motifs is 5. The summed E-state index contributed by atoms with van der Waals surface area (Å²) in [7, 11) is 0. The lowest BCUT2D eigenvalue weighted by Crippen LogP contribution is -2.28. The fourth-order valence-electron chi connectivity index (χ4n) is 4.71. The molecule has 0 radical (unpaired) electrons. The van der Waals surface area contributed by atoms with Crippen LogP contribution in [0.4, 0.5) is 5.69 Å². The summed E-state index contributed by atoms with van der Waals surface area (Å²) in [4.78, 5) is 35.7. The summed E-state index contributed by atoms with van der Waals surface area (Å²) < 4.78 is 6.47. The number of nitro groups is 1. The summed E-state index contributed by atoms with van der Waals surface area (Å²) in [5.41, 5.74) is 1.53. The second-order valence-electron chi connectivity index (χ2n) is 8.13. The SMILES string of the molecule is O=C1[C@H]2[C@H](C(=O)N1/N=C\c1ccc(OCc3ccc([N+](=O)[O-])cc3)c(Br)c1)[C@H]1C=C[C@H]2C1. The molecular formula is C23H18BrN3O5. The predicted molar refractivity (Wildman–Crippen MR) is 119 cm³/mol. The molecule has 4 atom stereocenters. The van der Waals surface area contributed by atoms with E-state index in [9.17, 15) is 19.7 Å². The Hall–Kier alpha value is -3.33. The monoisotopic (exact) mass is 495 g/mol. The smallest absolute Gasteiger partial charge is 0.269 e. The predicted octanol–water partition coefficient (Wildman–Crippen LogP) is 4.08. The average molecular weight is 496 g/mol. The Balaban J connectivity index is 1.24. The zero-order valence-electron chi connectivity index (χ0n) is 16.8. The first-order chi connectivity index (χ1) is 15.4. The van der Waals surface area contributed by atoms with E-state index in [-0.39, 0.29) is 47.8 Å². The highest BCUT2D eigenvalue weighted by Gasteiger charge is 2.59. The van der Waals surface area contributed by atoms with Crippen LogP contribution in [0.15, 0.2) is 64.2 Å². The summed E-state index contributed by atoms with van der Waals surface area (Å²) in [5, 5.41) is 15.9. The summed E-state index contributed by atoms with van der Waals surface area (Å²) in [5.74, 6) is -0.0597. The second kappa shape index (κ2) is 7.98. The Labute approximate surface area is 191 Å². The van der Waals surface area contributed by atoms with Crippen molar-refractivity contribution in [2.75, 3.05) is 0 Å². The van der Waals surface area contributed by atoms with Gasteiger partial charge in [-0.05, 0) is 75.6 Å². The third kappa shape index (κ3) is 3.52. The number of amides is 2. The van der Waals surface area contributed by atoms with Gasteiger partial charge in [-0.3, -0.25) is 19.7 Å². The van der Waals surface area contributed by atoms with Crippen LogP contribution < -0.4 is 4.74 Å². The van der Waals surface area contributed by atoms with Crippen molar-refractivity contribution in [3.05, 3.63) is 80.3 Å². The average Bonchev–Trinajstić information content (AvgIpc) is 3.46. The van der Waals surface area contributed by atoms with E-state index < -0.39 is 4.92 Å². The van der Waals surface area contributed by atoms with Gasteiger partial charge in [0, 0.05) is 12.1 Å². The van der Waals surface area contributed by atoms with E-state index in [1.807, 2.05) is 0 Å². The molecule has 2 fully saturated rings. The number of rotatable bonds is 6. The number of carbonyl (C=O) groups is 2. The van der Waals surface area contributed by atoms with E-state index in [1.165, 1.54) is 18.3 Å². The molecule has 1 saturated carbocycles. The van der Waals surface area contributed by atoms with Gasteiger partial charge in [0.05, 0.1) is 27.4 Å². The van der Waals surface area contributed by atoms with Crippen molar-refractivity contribution in [1.29, 1.82) is 0 Å². The molecule has 162 valence electrons. The van der Waals surface area contributed by atoms with E-state index in [0.717, 1.165) is 17.0 Å². The first kappa shape index (κ1) is 20.6. The van der Waals surface area contributed by atoms with Crippen molar-refractivity contribution in [2.45, 2.75) is 13.0 Å². The molecule has 1 aliphatic heterocycles. The number of ether oxygens (including phenoxy) is 1. The van der Waals surface area contributed by atoms with Crippen molar-refractivity contribution < 1.29 is 19.2 Å². The van der Waals surface area contributed by atoms with Gasteiger partial charge in [-0.1, -0.05) is 12.2 Å². The number of hydrogen-bond donors (Lipinski definition) is 0. The highest BCUT2D eigenvalue weighted by molar-refractivity contribution is 9.10. The Morgan fingerprint density at radius 3 is 2.34 bits per heavy atom. The van der Waals surface area contributed by atoms with Crippen LogP contribution in [0.1, 0.15) is 17.5 Å². The van der Waals surface area contributed by atoms with Gasteiger partial charge < -0.3 is 4.74 Å². The van der Waals surface area contributed by atoms with Crippen molar-refractivity contribution in [2.24, 2.45) is 28.8 Å². The second-order valence-corrected chi connectivity index (χ2v) is 8.99. The van der Waals surface area contributed by atoms with Gasteiger partial charge >= 0.3 is 0 Å². The fraction of sp³-hybridized carbons (Fsp3) is 0.261. The first-order valence-electron chi connectivity index (χ1n) is 10.2. The van der Waals surface area contributed by atoms with Crippen LogP contribution in [0, 0.1) is 33.8 Å². The topological polar surface area (TPSA) is 102 Å². The largest absolute Gasteiger partial charge is 0.488 e. The molecule has 32 heavy (non-hydrogen) atoms. The van der Waals surface area contributed by atoms with Gasteiger partial charge in [0.2, 0.25) is 0 Å². The van der Waals surface area contributed by atoms with Crippen LogP contribution in [-0.2, 0) is 16.2 Å².